The fourth-order valence-corrected chi connectivity index (χ4v) is 12.9. The predicted octanol–water partition coefficient (Wildman–Crippen LogP) is 24.0. The van der Waals surface area contributed by atoms with Gasteiger partial charge < -0.3 is 33.8 Å². The van der Waals surface area contributed by atoms with E-state index in [1.54, 1.807) is 0 Å². The van der Waals surface area contributed by atoms with Crippen molar-refractivity contribution in [3.8, 4) is 0 Å². The molecule has 0 bridgehead atoms. The Morgan fingerprint density at radius 1 is 0.275 bits per heavy atom. The quantitative estimate of drug-likeness (QED) is 0.0169. The normalized spacial score (nSPS) is 14.2. The molecule has 0 radical (unpaired) electrons. The highest BCUT2D eigenvalue weighted by molar-refractivity contribution is 7.47. The second-order valence-corrected chi connectivity index (χ2v) is 30.6. The lowest BCUT2D eigenvalue weighted by atomic mass is 10.0. The number of unbranched alkanes of at least 4 members (excludes halogenated alkanes) is 40. The number of phosphoric ester groups is 2. The largest absolute Gasteiger partial charge is 0.472 e. The number of carbonyl (C=O) groups is 4. The van der Waals surface area contributed by atoms with Gasteiger partial charge in [-0.2, -0.15) is 0 Å². The summed E-state index contributed by atoms with van der Waals surface area (Å²) >= 11 is 0. The maximum atomic E-state index is 13.1. The lowest BCUT2D eigenvalue weighted by Gasteiger charge is -2.21. The number of hydrogen-bond acceptors (Lipinski definition) is 15. The summed E-state index contributed by atoms with van der Waals surface area (Å²) in [6, 6.07) is 0. The van der Waals surface area contributed by atoms with E-state index in [0.29, 0.717) is 32.1 Å². The number of carbonyl (C=O) groups excluding carboxylic acids is 4. The van der Waals surface area contributed by atoms with Gasteiger partial charge in [-0.25, -0.2) is 9.13 Å². The summed E-state index contributed by atoms with van der Waals surface area (Å²) in [4.78, 5) is 73.0. The van der Waals surface area contributed by atoms with Crippen LogP contribution in [-0.4, -0.2) is 96.7 Å². The SMILES string of the molecule is CCCCC/C=C\C/C=C\C/C=C\C/C=C\CCCC(=O)O[C@H](COC(=O)CCCCCCC/C=C\C/C=C\CCCCC)COP(=O)(O)OC[C@@H](O)COP(=O)(O)OC[C@@H](COC(=O)CCCCCCCCCCCCCCC)OC(=O)CCCCCCCCCCCCCCCCCCC. The van der Waals surface area contributed by atoms with E-state index < -0.39 is 97.5 Å². The van der Waals surface area contributed by atoms with Crippen LogP contribution in [0.5, 0.6) is 0 Å². The van der Waals surface area contributed by atoms with E-state index in [9.17, 15) is 43.2 Å². The van der Waals surface area contributed by atoms with Crippen LogP contribution in [0.2, 0.25) is 0 Å². The van der Waals surface area contributed by atoms with Crippen molar-refractivity contribution < 1.29 is 80.2 Å². The highest BCUT2D eigenvalue weighted by Crippen LogP contribution is 2.45. The molecular formula is C83H150O17P2. The Kier molecular flexibility index (Phi) is 73.1. The van der Waals surface area contributed by atoms with Crippen molar-refractivity contribution in [1.29, 1.82) is 0 Å². The van der Waals surface area contributed by atoms with E-state index in [1.165, 1.54) is 173 Å². The molecule has 594 valence electrons. The molecular weight excluding hydrogens is 1330 g/mol. The van der Waals surface area contributed by atoms with Crippen molar-refractivity contribution in [1.82, 2.24) is 0 Å². The molecule has 0 spiro atoms. The van der Waals surface area contributed by atoms with Gasteiger partial charge in [-0.3, -0.25) is 37.3 Å². The van der Waals surface area contributed by atoms with Crippen LogP contribution in [0.15, 0.2) is 72.9 Å². The van der Waals surface area contributed by atoms with Gasteiger partial charge in [0.1, 0.15) is 19.3 Å². The van der Waals surface area contributed by atoms with Crippen LogP contribution in [-0.2, 0) is 65.4 Å². The number of aliphatic hydroxyl groups excluding tert-OH is 1. The zero-order valence-electron chi connectivity index (χ0n) is 65.0. The molecule has 2 unspecified atom stereocenters. The number of ether oxygens (including phenoxy) is 4. The molecule has 0 amide bonds. The summed E-state index contributed by atoms with van der Waals surface area (Å²) in [6.07, 6.45) is 77.3. The molecule has 0 aliphatic carbocycles. The molecule has 0 saturated carbocycles. The third kappa shape index (κ3) is 74.8. The third-order valence-corrected chi connectivity index (χ3v) is 19.6. The predicted molar refractivity (Wildman–Crippen MR) is 418 cm³/mol. The summed E-state index contributed by atoms with van der Waals surface area (Å²) in [5.74, 6) is -2.22. The third-order valence-electron chi connectivity index (χ3n) is 17.7. The van der Waals surface area contributed by atoms with Gasteiger partial charge in [-0.1, -0.05) is 325 Å². The Balaban J connectivity index is 5.38. The fourth-order valence-electron chi connectivity index (χ4n) is 11.4. The van der Waals surface area contributed by atoms with Crippen LogP contribution >= 0.6 is 15.6 Å². The minimum atomic E-state index is -4.99. The topological polar surface area (TPSA) is 237 Å². The molecule has 0 fully saturated rings. The van der Waals surface area contributed by atoms with E-state index in [4.69, 9.17) is 37.0 Å². The summed E-state index contributed by atoms with van der Waals surface area (Å²) in [5.41, 5.74) is 0. The Morgan fingerprint density at radius 3 is 0.794 bits per heavy atom. The molecule has 17 nitrogen and oxygen atoms in total. The fraction of sp³-hybridized carbons (Fsp3) is 0.807. The van der Waals surface area contributed by atoms with Crippen LogP contribution in [0.3, 0.4) is 0 Å². The monoisotopic (exact) mass is 1480 g/mol. The molecule has 102 heavy (non-hydrogen) atoms. The van der Waals surface area contributed by atoms with Gasteiger partial charge in [0.05, 0.1) is 26.4 Å². The van der Waals surface area contributed by atoms with Crippen LogP contribution in [0.1, 0.15) is 374 Å². The Labute approximate surface area is 622 Å². The average molecular weight is 1480 g/mol. The standard InChI is InChI=1S/C83H150O17P2/c1-5-9-13-17-21-25-29-33-36-38-41-45-49-53-57-61-65-69-82(87)99-78(73-93-80(85)67-63-59-55-51-47-43-32-28-24-20-16-12-8-4)75-97-101(89,90)95-71-77(84)72-96-102(91,92)98-76-79(74-94-81(86)68-64-60-56-52-48-44-40-35-31-27-23-19-15-11-7-3)100-83(88)70-66-62-58-54-50-46-42-39-37-34-30-26-22-18-14-10-6-2/h22-23,26-27,34-35,37,40,42,46,54,58,77-79,84H,5-21,24-25,28-33,36,38-39,41,43-45,47-53,55-57,59-76H2,1-4H3,(H,89,90)(H,91,92)/b26-22-,27-23-,37-34-,40-35-,46-42-,58-54-/t77-,78+,79+/m0/s1. The molecule has 19 heteroatoms. The number of allylic oxidation sites excluding steroid dienone is 12. The average Bonchev–Trinajstić information content (AvgIpc) is 0.966. The number of rotatable bonds is 78. The van der Waals surface area contributed by atoms with Gasteiger partial charge in [0.15, 0.2) is 12.2 Å². The second-order valence-electron chi connectivity index (χ2n) is 27.7. The van der Waals surface area contributed by atoms with E-state index in [-0.39, 0.29) is 25.7 Å². The van der Waals surface area contributed by atoms with E-state index >= 15 is 0 Å². The van der Waals surface area contributed by atoms with Gasteiger partial charge in [0.25, 0.3) is 0 Å². The summed E-state index contributed by atoms with van der Waals surface area (Å²) < 4.78 is 68.6. The minimum absolute atomic E-state index is 0.0186. The van der Waals surface area contributed by atoms with Gasteiger partial charge in [0, 0.05) is 25.7 Å². The second kappa shape index (κ2) is 75.7. The maximum Gasteiger partial charge on any atom is 0.472 e. The number of hydrogen-bond donors (Lipinski definition) is 3. The first-order chi connectivity index (χ1) is 49.7. The zero-order valence-corrected chi connectivity index (χ0v) is 66.8. The molecule has 0 aromatic carbocycles. The molecule has 0 aromatic rings. The lowest BCUT2D eigenvalue weighted by molar-refractivity contribution is -0.161. The Hall–Kier alpha value is -3.50. The maximum absolute atomic E-state index is 13.1. The highest BCUT2D eigenvalue weighted by Gasteiger charge is 2.30. The van der Waals surface area contributed by atoms with E-state index in [0.717, 1.165) is 116 Å². The van der Waals surface area contributed by atoms with Crippen LogP contribution in [0.4, 0.5) is 0 Å². The van der Waals surface area contributed by atoms with Gasteiger partial charge in [-0.15, -0.1) is 0 Å². The van der Waals surface area contributed by atoms with Crippen molar-refractivity contribution in [2.45, 2.75) is 393 Å². The van der Waals surface area contributed by atoms with Crippen molar-refractivity contribution in [2.24, 2.45) is 0 Å². The lowest BCUT2D eigenvalue weighted by Crippen LogP contribution is -2.30. The summed E-state index contributed by atoms with van der Waals surface area (Å²) in [5, 5.41) is 10.6. The zero-order chi connectivity index (χ0) is 74.6. The first kappa shape index (κ1) is 98.5. The number of aliphatic hydroxyl groups is 1. The Morgan fingerprint density at radius 2 is 0.490 bits per heavy atom. The van der Waals surface area contributed by atoms with Gasteiger partial charge in [-0.05, 0) is 96.3 Å². The van der Waals surface area contributed by atoms with Gasteiger partial charge >= 0.3 is 39.5 Å². The first-order valence-electron chi connectivity index (χ1n) is 41.2. The van der Waals surface area contributed by atoms with E-state index in [2.05, 4.69) is 88.5 Å². The molecule has 0 heterocycles. The van der Waals surface area contributed by atoms with E-state index in [1.807, 2.05) is 12.2 Å². The molecule has 0 aromatic heterocycles. The highest BCUT2D eigenvalue weighted by atomic mass is 31.2. The van der Waals surface area contributed by atoms with Crippen molar-refractivity contribution in [3.63, 3.8) is 0 Å². The van der Waals surface area contributed by atoms with Crippen LogP contribution in [0, 0.1) is 0 Å². The van der Waals surface area contributed by atoms with Gasteiger partial charge in [0.2, 0.25) is 0 Å². The smallest absolute Gasteiger partial charge is 0.462 e. The van der Waals surface area contributed by atoms with Crippen molar-refractivity contribution in [3.05, 3.63) is 72.9 Å². The number of phosphoric acid groups is 2. The molecule has 0 saturated heterocycles. The summed E-state index contributed by atoms with van der Waals surface area (Å²) in [7, 11) is -9.96. The Bertz CT molecular complexity index is 2210. The van der Waals surface area contributed by atoms with Crippen molar-refractivity contribution in [2.75, 3.05) is 39.6 Å². The molecule has 5 atom stereocenters. The first-order valence-corrected chi connectivity index (χ1v) is 44.2. The molecule has 0 aliphatic heterocycles. The number of esters is 4. The van der Waals surface area contributed by atoms with Crippen LogP contribution < -0.4 is 0 Å². The summed E-state index contributed by atoms with van der Waals surface area (Å²) in [6.45, 7) is 4.82. The molecule has 3 N–H and O–H groups in total. The van der Waals surface area contributed by atoms with Crippen LogP contribution in [0.25, 0.3) is 0 Å². The minimum Gasteiger partial charge on any atom is -0.462 e. The molecule has 0 aliphatic rings. The van der Waals surface area contributed by atoms with Crippen molar-refractivity contribution >= 4 is 39.5 Å². The molecule has 0 rings (SSSR count).